The normalized spacial score (nSPS) is 19.0. The molecule has 26 heavy (non-hydrogen) atoms. The molecule has 0 radical (unpaired) electrons. The fourth-order valence-corrected chi connectivity index (χ4v) is 4.04. The summed E-state index contributed by atoms with van der Waals surface area (Å²) in [7, 11) is 0. The third-order valence-electron chi connectivity index (χ3n) is 4.56. The second-order valence-electron chi connectivity index (χ2n) is 6.48. The van der Waals surface area contributed by atoms with Crippen molar-refractivity contribution in [3.05, 3.63) is 58.0 Å². The Bertz CT molecular complexity index is 749. The molecule has 2 unspecified atom stereocenters. The molecule has 1 fully saturated rings. The minimum atomic E-state index is -0.808. The molecule has 5 nitrogen and oxygen atoms in total. The Balaban J connectivity index is 1.68. The molecule has 3 rings (SSSR count). The maximum absolute atomic E-state index is 13.2. The first-order chi connectivity index (χ1) is 12.5. The van der Waals surface area contributed by atoms with E-state index in [1.54, 1.807) is 12.1 Å². The van der Waals surface area contributed by atoms with Crippen molar-refractivity contribution in [2.45, 2.75) is 18.9 Å². The average Bonchev–Trinajstić information content (AvgIpc) is 3.15. The minimum Gasteiger partial charge on any atom is -0.481 e. The van der Waals surface area contributed by atoms with Crippen LogP contribution in [0.25, 0.3) is 0 Å². The maximum Gasteiger partial charge on any atom is 0.307 e. The van der Waals surface area contributed by atoms with Crippen molar-refractivity contribution in [1.82, 2.24) is 10.2 Å². The summed E-state index contributed by atoms with van der Waals surface area (Å²) in [5, 5.41) is 14.1. The largest absolute Gasteiger partial charge is 0.481 e. The van der Waals surface area contributed by atoms with Crippen LogP contribution < -0.4 is 5.32 Å². The topological polar surface area (TPSA) is 69.6 Å². The van der Waals surface area contributed by atoms with Crippen LogP contribution in [0.3, 0.4) is 0 Å². The summed E-state index contributed by atoms with van der Waals surface area (Å²) in [4.78, 5) is 26.6. The van der Waals surface area contributed by atoms with Gasteiger partial charge in [0.15, 0.2) is 0 Å². The second kappa shape index (κ2) is 8.42. The fraction of sp³-hybridized carbons (Fsp3) is 0.368. The smallest absolute Gasteiger partial charge is 0.307 e. The summed E-state index contributed by atoms with van der Waals surface area (Å²) in [5.41, 5.74) is 0.809. The van der Waals surface area contributed by atoms with Gasteiger partial charge in [0.2, 0.25) is 5.91 Å². The lowest BCUT2D eigenvalue weighted by molar-refractivity contribution is -0.144. The van der Waals surface area contributed by atoms with Gasteiger partial charge in [-0.05, 0) is 48.5 Å². The Kier molecular flexibility index (Phi) is 6.00. The molecule has 0 saturated carbocycles. The molecule has 7 heteroatoms. The Morgan fingerprint density at radius 3 is 2.73 bits per heavy atom. The third kappa shape index (κ3) is 4.68. The number of halogens is 1. The highest BCUT2D eigenvalue weighted by Crippen LogP contribution is 2.26. The van der Waals surface area contributed by atoms with E-state index in [-0.39, 0.29) is 24.3 Å². The van der Waals surface area contributed by atoms with Crippen molar-refractivity contribution in [3.8, 4) is 0 Å². The molecule has 2 heterocycles. The highest BCUT2D eigenvalue weighted by atomic mass is 32.1. The molecule has 1 aliphatic heterocycles. The summed E-state index contributed by atoms with van der Waals surface area (Å²) in [6.45, 7) is 1.27. The van der Waals surface area contributed by atoms with Crippen LogP contribution in [0.5, 0.6) is 0 Å². The van der Waals surface area contributed by atoms with Crippen molar-refractivity contribution < 1.29 is 19.1 Å². The lowest BCUT2D eigenvalue weighted by Crippen LogP contribution is -2.45. The van der Waals surface area contributed by atoms with Gasteiger partial charge in [0.25, 0.3) is 0 Å². The van der Waals surface area contributed by atoms with Gasteiger partial charge in [-0.3, -0.25) is 14.5 Å². The van der Waals surface area contributed by atoms with Gasteiger partial charge in [-0.15, -0.1) is 11.3 Å². The van der Waals surface area contributed by atoms with Crippen molar-refractivity contribution >= 4 is 23.2 Å². The molecule has 1 aromatic carbocycles. The van der Waals surface area contributed by atoms with Crippen LogP contribution in [0.2, 0.25) is 0 Å². The zero-order valence-corrected chi connectivity index (χ0v) is 15.0. The monoisotopic (exact) mass is 376 g/mol. The lowest BCUT2D eigenvalue weighted by Gasteiger charge is -2.30. The second-order valence-corrected chi connectivity index (χ2v) is 7.46. The van der Waals surface area contributed by atoms with Crippen molar-refractivity contribution in [2.24, 2.45) is 5.92 Å². The Morgan fingerprint density at radius 1 is 1.31 bits per heavy atom. The first-order valence-corrected chi connectivity index (χ1v) is 9.44. The highest BCUT2D eigenvalue weighted by Gasteiger charge is 2.27. The third-order valence-corrected chi connectivity index (χ3v) is 5.50. The van der Waals surface area contributed by atoms with Crippen LogP contribution in [0.15, 0.2) is 41.8 Å². The molecule has 1 amide bonds. The van der Waals surface area contributed by atoms with Crippen molar-refractivity contribution in [2.75, 3.05) is 19.6 Å². The number of carboxylic acid groups (broad SMARTS) is 1. The Morgan fingerprint density at radius 2 is 2.08 bits per heavy atom. The van der Waals surface area contributed by atoms with Crippen LogP contribution >= 0.6 is 11.3 Å². The zero-order valence-electron chi connectivity index (χ0n) is 14.2. The van der Waals surface area contributed by atoms with Crippen LogP contribution in [0, 0.1) is 11.7 Å². The van der Waals surface area contributed by atoms with Crippen molar-refractivity contribution in [1.29, 1.82) is 0 Å². The number of nitrogens with zero attached hydrogens (tertiary/aromatic N) is 1. The molecule has 2 atom stereocenters. The van der Waals surface area contributed by atoms with Gasteiger partial charge >= 0.3 is 5.97 Å². The molecule has 2 aromatic rings. The Labute approximate surface area is 155 Å². The summed E-state index contributed by atoms with van der Waals surface area (Å²) >= 11 is 1.52. The van der Waals surface area contributed by atoms with Crippen molar-refractivity contribution in [3.63, 3.8) is 0 Å². The predicted molar refractivity (Wildman–Crippen MR) is 97.5 cm³/mol. The first-order valence-electron chi connectivity index (χ1n) is 8.56. The van der Waals surface area contributed by atoms with E-state index in [0.717, 1.165) is 23.4 Å². The number of amides is 1. The zero-order chi connectivity index (χ0) is 18.5. The number of piperidine rings is 1. The van der Waals surface area contributed by atoms with Gasteiger partial charge in [-0.2, -0.15) is 0 Å². The molecule has 0 bridgehead atoms. The number of carboxylic acids is 1. The molecule has 138 valence electrons. The van der Waals surface area contributed by atoms with E-state index >= 15 is 0 Å². The summed E-state index contributed by atoms with van der Waals surface area (Å²) < 4.78 is 13.2. The fourth-order valence-electron chi connectivity index (χ4n) is 3.24. The number of aliphatic carboxylic acids is 1. The molecule has 2 N–H and O–H groups in total. The van der Waals surface area contributed by atoms with Gasteiger partial charge in [-0.1, -0.05) is 18.2 Å². The standard InChI is InChI=1S/C19H21FN2O3S/c20-15-7-5-13(6-8-15)18(16-4-2-10-26-16)21-17(23)12-22-9-1-3-14(11-22)19(24)25/h2,4-8,10,14,18H,1,3,9,11-12H2,(H,21,23)(H,24,25). The van der Waals surface area contributed by atoms with E-state index in [1.165, 1.54) is 23.5 Å². The molecular formula is C19H21FN2O3S. The summed E-state index contributed by atoms with van der Waals surface area (Å²) in [5.74, 6) is -1.71. The van der Waals surface area contributed by atoms with Crippen LogP contribution in [-0.4, -0.2) is 41.5 Å². The first kappa shape index (κ1) is 18.5. The van der Waals surface area contributed by atoms with Crippen LogP contribution in [0.4, 0.5) is 4.39 Å². The highest BCUT2D eigenvalue weighted by molar-refractivity contribution is 7.10. The number of thiophene rings is 1. The van der Waals surface area contributed by atoms with Crippen LogP contribution in [-0.2, 0) is 9.59 Å². The number of carbonyl (C=O) groups is 2. The van der Waals surface area contributed by atoms with Gasteiger partial charge in [0.05, 0.1) is 18.5 Å². The average molecular weight is 376 g/mol. The van der Waals surface area contributed by atoms with Crippen LogP contribution in [0.1, 0.15) is 29.3 Å². The van der Waals surface area contributed by atoms with Gasteiger partial charge in [0, 0.05) is 11.4 Å². The number of likely N-dealkylation sites (tertiary alicyclic amines) is 1. The number of carbonyl (C=O) groups excluding carboxylic acids is 1. The number of benzene rings is 1. The lowest BCUT2D eigenvalue weighted by atomic mass is 9.98. The summed E-state index contributed by atoms with van der Waals surface area (Å²) in [6, 6.07) is 9.59. The SMILES string of the molecule is O=C(CN1CCCC(C(=O)O)C1)NC(c1ccc(F)cc1)c1cccs1. The number of hydrogen-bond donors (Lipinski definition) is 2. The maximum atomic E-state index is 13.2. The van der Waals surface area contributed by atoms with E-state index in [9.17, 15) is 19.1 Å². The number of nitrogens with one attached hydrogen (secondary N) is 1. The number of hydrogen-bond acceptors (Lipinski definition) is 4. The van der Waals surface area contributed by atoms with E-state index in [2.05, 4.69) is 5.32 Å². The molecule has 0 spiro atoms. The van der Waals surface area contributed by atoms with E-state index in [4.69, 9.17) is 0 Å². The Hall–Kier alpha value is -2.25. The molecule has 0 aliphatic carbocycles. The van der Waals surface area contributed by atoms with Gasteiger partial charge in [-0.25, -0.2) is 4.39 Å². The quantitative estimate of drug-likeness (QED) is 0.813. The molecule has 1 saturated heterocycles. The van der Waals surface area contributed by atoms with Gasteiger partial charge < -0.3 is 10.4 Å². The molecule has 1 aromatic heterocycles. The molecular weight excluding hydrogens is 355 g/mol. The van der Waals surface area contributed by atoms with E-state index in [1.807, 2.05) is 22.4 Å². The van der Waals surface area contributed by atoms with Gasteiger partial charge in [0.1, 0.15) is 5.82 Å². The summed E-state index contributed by atoms with van der Waals surface area (Å²) in [6.07, 6.45) is 1.43. The predicted octanol–water partition coefficient (Wildman–Crippen LogP) is 2.89. The van der Waals surface area contributed by atoms with E-state index in [0.29, 0.717) is 13.0 Å². The van der Waals surface area contributed by atoms with E-state index < -0.39 is 11.9 Å². The molecule has 1 aliphatic rings. The number of rotatable bonds is 6. The minimum absolute atomic E-state index is 0.160.